The molecule has 2 fully saturated rings. The number of halogens is 1. The minimum atomic E-state index is -0.603. The maximum atomic E-state index is 13.2. The van der Waals surface area contributed by atoms with Gasteiger partial charge in [0.1, 0.15) is 22.9 Å². The van der Waals surface area contributed by atoms with Gasteiger partial charge >= 0.3 is 0 Å². The smallest absolute Gasteiger partial charge is 0.260 e. The number of anilines is 1. The summed E-state index contributed by atoms with van der Waals surface area (Å²) < 4.78 is 25.3. The Labute approximate surface area is 209 Å². The highest BCUT2D eigenvalue weighted by molar-refractivity contribution is 6.00. The third-order valence-corrected chi connectivity index (χ3v) is 7.37. The second-order valence-electron chi connectivity index (χ2n) is 9.68. The second kappa shape index (κ2) is 9.79. The lowest BCUT2D eigenvalue weighted by molar-refractivity contribution is -0.134. The van der Waals surface area contributed by atoms with E-state index in [1.807, 2.05) is 0 Å². The van der Waals surface area contributed by atoms with Gasteiger partial charge in [-0.05, 0) is 36.4 Å². The maximum absolute atomic E-state index is 13.2. The van der Waals surface area contributed by atoms with Crippen molar-refractivity contribution in [2.45, 2.75) is 31.8 Å². The van der Waals surface area contributed by atoms with Gasteiger partial charge < -0.3 is 24.2 Å². The average Bonchev–Trinajstić information content (AvgIpc) is 2.88. The van der Waals surface area contributed by atoms with Gasteiger partial charge in [-0.1, -0.05) is 0 Å². The van der Waals surface area contributed by atoms with Crippen molar-refractivity contribution in [1.29, 1.82) is 0 Å². The molecule has 2 aromatic carbocycles. The second-order valence-corrected chi connectivity index (χ2v) is 9.68. The van der Waals surface area contributed by atoms with Crippen LogP contribution in [0.15, 0.2) is 42.5 Å². The molecular weight excluding hydrogens is 465 g/mol. The lowest BCUT2D eigenvalue weighted by Gasteiger charge is -2.43. The molecule has 2 amide bonds. The molecule has 0 aromatic heterocycles. The van der Waals surface area contributed by atoms with Crippen LogP contribution in [0.4, 0.5) is 10.1 Å². The topological polar surface area (TPSA) is 79.4 Å². The molecule has 0 saturated carbocycles. The number of piperidine rings is 1. The number of hydrogen-bond acceptors (Lipinski definition) is 6. The van der Waals surface area contributed by atoms with Gasteiger partial charge in [0, 0.05) is 70.8 Å². The zero-order chi connectivity index (χ0) is 25.3. The van der Waals surface area contributed by atoms with Crippen LogP contribution in [0.25, 0.3) is 0 Å². The van der Waals surface area contributed by atoms with Gasteiger partial charge in [0.2, 0.25) is 5.91 Å². The minimum absolute atomic E-state index is 0.0224. The number of nitrogens with zero attached hydrogens (tertiary/aromatic N) is 3. The molecule has 2 saturated heterocycles. The third-order valence-electron chi connectivity index (χ3n) is 7.37. The van der Waals surface area contributed by atoms with Gasteiger partial charge in [-0.2, -0.15) is 0 Å². The molecule has 3 heterocycles. The predicted octanol–water partition coefficient (Wildman–Crippen LogP) is 2.90. The Balaban J connectivity index is 1.16. The van der Waals surface area contributed by atoms with Crippen LogP contribution in [0.5, 0.6) is 11.5 Å². The fourth-order valence-corrected chi connectivity index (χ4v) is 5.17. The molecule has 1 spiro atoms. The molecule has 0 unspecified atom stereocenters. The Morgan fingerprint density at radius 2 is 1.67 bits per heavy atom. The van der Waals surface area contributed by atoms with Crippen LogP contribution in [0.1, 0.15) is 36.5 Å². The summed E-state index contributed by atoms with van der Waals surface area (Å²) in [5.74, 6) is 0.615. The van der Waals surface area contributed by atoms with Crippen LogP contribution in [-0.2, 0) is 9.59 Å². The number of rotatable bonds is 4. The molecule has 36 heavy (non-hydrogen) atoms. The summed E-state index contributed by atoms with van der Waals surface area (Å²) in [6, 6.07) is 11.4. The van der Waals surface area contributed by atoms with E-state index < -0.39 is 5.60 Å². The first kappa shape index (κ1) is 24.1. The fourth-order valence-electron chi connectivity index (χ4n) is 5.17. The van der Waals surface area contributed by atoms with Crippen LogP contribution in [0, 0.1) is 5.82 Å². The number of piperazine rings is 1. The summed E-state index contributed by atoms with van der Waals surface area (Å²) in [7, 11) is 0. The van der Waals surface area contributed by atoms with E-state index in [9.17, 15) is 18.8 Å². The minimum Gasteiger partial charge on any atom is -0.486 e. The summed E-state index contributed by atoms with van der Waals surface area (Å²) in [6.07, 6.45) is 1.50. The van der Waals surface area contributed by atoms with E-state index in [-0.39, 0.29) is 30.0 Å². The van der Waals surface area contributed by atoms with Crippen molar-refractivity contribution in [2.24, 2.45) is 0 Å². The van der Waals surface area contributed by atoms with E-state index in [0.717, 1.165) is 5.69 Å². The molecular formula is C27H30FN3O5. The Bertz CT molecular complexity index is 1150. The Morgan fingerprint density at radius 1 is 0.972 bits per heavy atom. The van der Waals surface area contributed by atoms with Crippen LogP contribution >= 0.6 is 0 Å². The number of hydrogen-bond donors (Lipinski definition) is 0. The number of benzene rings is 2. The summed E-state index contributed by atoms with van der Waals surface area (Å²) >= 11 is 0. The predicted molar refractivity (Wildman–Crippen MR) is 131 cm³/mol. The van der Waals surface area contributed by atoms with E-state index in [1.54, 1.807) is 47.1 Å². The highest BCUT2D eigenvalue weighted by atomic mass is 19.1. The molecule has 3 aliphatic rings. The number of Topliss-reactive ketones (excluding diaryl/α,β-unsaturated/α-hetero) is 1. The van der Waals surface area contributed by atoms with E-state index in [2.05, 4.69) is 4.90 Å². The molecule has 0 aliphatic carbocycles. The number of likely N-dealkylation sites (tertiary alicyclic amines) is 1. The average molecular weight is 496 g/mol. The quantitative estimate of drug-likeness (QED) is 0.649. The largest absolute Gasteiger partial charge is 0.486 e. The molecule has 3 aliphatic heterocycles. The maximum Gasteiger partial charge on any atom is 0.260 e. The Kier molecular flexibility index (Phi) is 6.55. The van der Waals surface area contributed by atoms with Gasteiger partial charge in [-0.25, -0.2) is 4.39 Å². The molecule has 190 valence electrons. The van der Waals surface area contributed by atoms with Crippen LogP contribution in [0.2, 0.25) is 0 Å². The summed E-state index contributed by atoms with van der Waals surface area (Å²) in [5, 5.41) is 0. The molecule has 8 nitrogen and oxygen atoms in total. The summed E-state index contributed by atoms with van der Waals surface area (Å²) in [4.78, 5) is 42.9. The number of fused-ring (bicyclic) bond motifs is 1. The molecule has 5 rings (SSSR count). The first-order valence-corrected chi connectivity index (χ1v) is 12.3. The van der Waals surface area contributed by atoms with E-state index >= 15 is 0 Å². The zero-order valence-electron chi connectivity index (χ0n) is 20.4. The fraction of sp³-hybridized carbons (Fsp3) is 0.444. The van der Waals surface area contributed by atoms with Gasteiger partial charge in [-0.3, -0.25) is 14.4 Å². The Morgan fingerprint density at radius 3 is 2.33 bits per heavy atom. The number of amides is 2. The molecule has 0 bridgehead atoms. The summed E-state index contributed by atoms with van der Waals surface area (Å²) in [6.45, 7) is 5.01. The lowest BCUT2D eigenvalue weighted by atomic mass is 9.82. The van der Waals surface area contributed by atoms with Gasteiger partial charge in [-0.15, -0.1) is 0 Å². The normalized spacial score (nSPS) is 19.1. The van der Waals surface area contributed by atoms with Crippen molar-refractivity contribution in [3.05, 3.63) is 53.8 Å². The first-order chi connectivity index (χ1) is 17.3. The van der Waals surface area contributed by atoms with Crippen molar-refractivity contribution in [3.8, 4) is 11.5 Å². The van der Waals surface area contributed by atoms with Crippen molar-refractivity contribution in [2.75, 3.05) is 50.8 Å². The van der Waals surface area contributed by atoms with Crippen molar-refractivity contribution < 1.29 is 28.2 Å². The monoisotopic (exact) mass is 495 g/mol. The zero-order valence-corrected chi connectivity index (χ0v) is 20.4. The first-order valence-electron chi connectivity index (χ1n) is 12.3. The van der Waals surface area contributed by atoms with Gasteiger partial charge in [0.15, 0.2) is 12.4 Å². The van der Waals surface area contributed by atoms with Gasteiger partial charge in [0.05, 0.1) is 12.0 Å². The third kappa shape index (κ3) is 5.01. The standard InChI is InChI=1S/C27H30FN3O5/c1-19(32)29-10-8-27(9-11-29)17-24(33)23-7-6-22(16-25(23)36-27)35-18-26(34)31-14-12-30(13-15-31)21-4-2-20(28)3-5-21/h2-7,16H,8-15,17-18H2,1H3. The van der Waals surface area contributed by atoms with Crippen LogP contribution < -0.4 is 14.4 Å². The van der Waals surface area contributed by atoms with Crippen molar-refractivity contribution in [1.82, 2.24) is 9.80 Å². The SMILES string of the molecule is CC(=O)N1CCC2(CC1)CC(=O)c1ccc(OCC(=O)N3CCN(c4ccc(F)cc4)CC3)cc1O2. The van der Waals surface area contributed by atoms with E-state index in [0.29, 0.717) is 75.6 Å². The molecule has 2 aromatic rings. The van der Waals surface area contributed by atoms with E-state index in [4.69, 9.17) is 9.47 Å². The number of carbonyl (C=O) groups is 3. The van der Waals surface area contributed by atoms with Crippen molar-refractivity contribution in [3.63, 3.8) is 0 Å². The highest BCUT2D eigenvalue weighted by Gasteiger charge is 2.43. The number of ketones is 1. The molecule has 0 radical (unpaired) electrons. The lowest BCUT2D eigenvalue weighted by Crippen LogP contribution is -2.51. The molecule has 0 N–H and O–H groups in total. The highest BCUT2D eigenvalue weighted by Crippen LogP contribution is 2.40. The van der Waals surface area contributed by atoms with Crippen LogP contribution in [0.3, 0.4) is 0 Å². The summed E-state index contributed by atoms with van der Waals surface area (Å²) in [5.41, 5.74) is 0.854. The van der Waals surface area contributed by atoms with Crippen molar-refractivity contribution >= 4 is 23.3 Å². The number of ether oxygens (including phenoxy) is 2. The van der Waals surface area contributed by atoms with E-state index in [1.165, 1.54) is 12.1 Å². The molecule has 0 atom stereocenters. The van der Waals surface area contributed by atoms with Crippen LogP contribution in [-0.4, -0.2) is 78.9 Å². The number of carbonyl (C=O) groups excluding carboxylic acids is 3. The molecule has 9 heteroatoms. The Hall–Kier alpha value is -3.62. The van der Waals surface area contributed by atoms with Gasteiger partial charge in [0.25, 0.3) is 5.91 Å².